The number of carbonyl (C=O) groups excluding carboxylic acids is 2. The van der Waals surface area contributed by atoms with Crippen LogP contribution in [0.15, 0.2) is 41.5 Å². The number of pyridine rings is 1. The number of rotatable bonds is 5. The van der Waals surface area contributed by atoms with Crippen LogP contribution in [-0.2, 0) is 22.5 Å². The van der Waals surface area contributed by atoms with Crippen LogP contribution in [0.1, 0.15) is 58.6 Å². The fourth-order valence-electron chi connectivity index (χ4n) is 4.78. The molecule has 0 spiro atoms. The Hall–Kier alpha value is -3.62. The number of benzene rings is 1. The van der Waals surface area contributed by atoms with E-state index in [1.165, 1.54) is 18.1 Å². The highest BCUT2D eigenvalue weighted by Crippen LogP contribution is 2.27. The lowest BCUT2D eigenvalue weighted by Gasteiger charge is -2.33. The number of fused-ring (bicyclic) bond motifs is 1. The molecule has 9 heteroatoms. The minimum absolute atomic E-state index is 0.0984. The third-order valence-corrected chi connectivity index (χ3v) is 6.79. The molecule has 1 aromatic heterocycles. The van der Waals surface area contributed by atoms with Crippen LogP contribution in [0.2, 0.25) is 0 Å². The average molecular weight is 522 g/mol. The van der Waals surface area contributed by atoms with Crippen LogP contribution < -0.4 is 15.0 Å². The molecule has 1 saturated heterocycles. The van der Waals surface area contributed by atoms with E-state index in [0.717, 1.165) is 50.5 Å². The van der Waals surface area contributed by atoms with E-state index in [1.807, 2.05) is 39.8 Å². The maximum Gasteiger partial charge on any atom is 0.435 e. The molecule has 0 aliphatic carbocycles. The van der Waals surface area contributed by atoms with Crippen LogP contribution in [0, 0.1) is 5.92 Å². The number of nitrogens with one attached hydrogen (secondary N) is 1. The van der Waals surface area contributed by atoms with Gasteiger partial charge in [0.15, 0.2) is 0 Å². The van der Waals surface area contributed by atoms with E-state index < -0.39 is 11.7 Å². The van der Waals surface area contributed by atoms with Gasteiger partial charge >= 0.3 is 6.09 Å². The lowest BCUT2D eigenvalue weighted by molar-refractivity contribution is -0.114. The van der Waals surface area contributed by atoms with E-state index in [1.54, 1.807) is 6.20 Å². The van der Waals surface area contributed by atoms with Gasteiger partial charge in [-0.1, -0.05) is 6.07 Å². The monoisotopic (exact) mass is 521 g/mol. The first kappa shape index (κ1) is 27.4. The van der Waals surface area contributed by atoms with Gasteiger partial charge < -0.3 is 24.6 Å². The topological polar surface area (TPSA) is 96.4 Å². The number of carbonyl (C=O) groups is 2. The smallest absolute Gasteiger partial charge is 0.435 e. The lowest BCUT2D eigenvalue weighted by Crippen LogP contribution is -2.36. The molecule has 2 aliphatic rings. The molecule has 0 bridgehead atoms. The van der Waals surface area contributed by atoms with Crippen LogP contribution in [0.4, 0.5) is 16.3 Å². The van der Waals surface area contributed by atoms with E-state index in [2.05, 4.69) is 43.3 Å². The Bertz CT molecular complexity index is 1160. The summed E-state index contributed by atoms with van der Waals surface area (Å²) in [4.78, 5) is 36.4. The molecule has 2 aliphatic heterocycles. The van der Waals surface area contributed by atoms with Gasteiger partial charge in [-0.05, 0) is 88.3 Å². The van der Waals surface area contributed by atoms with E-state index in [4.69, 9.17) is 9.47 Å². The van der Waals surface area contributed by atoms with Gasteiger partial charge in [0.1, 0.15) is 23.0 Å². The quantitative estimate of drug-likeness (QED) is 0.435. The van der Waals surface area contributed by atoms with Crippen molar-refractivity contribution in [3.8, 4) is 5.75 Å². The third kappa shape index (κ3) is 7.69. The largest absolute Gasteiger partial charge is 0.493 e. The molecule has 0 saturated carbocycles. The number of hydrogen-bond donors (Lipinski definition) is 1. The Balaban J connectivity index is 1.27. The molecule has 9 nitrogen and oxygen atoms in total. The first-order chi connectivity index (χ1) is 18.1. The van der Waals surface area contributed by atoms with Gasteiger partial charge in [-0.15, -0.1) is 0 Å². The SMILES string of the molecule is CC(=O)Nc1ccc(N2CCC(COc3ccc4c(c3)CN(C(C)=NC(=O)OC(C)(C)C)CC4)CC2)nc1. The molecule has 38 heavy (non-hydrogen) atoms. The standard InChI is InChI=1S/C29H39N5O4/c1-20(31-28(36)38-29(3,4)5)34-15-12-23-6-8-26(16-24(23)18-34)37-19-22-10-13-33(14-11-22)27-9-7-25(17-30-27)32-21(2)35/h6-9,16-17,22H,10-15,18-19H2,1-5H3,(H,32,35). The molecule has 1 N–H and O–H groups in total. The maximum absolute atomic E-state index is 12.1. The number of piperidine rings is 1. The molecule has 2 aromatic rings. The van der Waals surface area contributed by atoms with Crippen molar-refractivity contribution < 1.29 is 19.1 Å². The number of amidine groups is 1. The van der Waals surface area contributed by atoms with Crippen LogP contribution in [-0.4, -0.2) is 59.6 Å². The molecular weight excluding hydrogens is 482 g/mol. The van der Waals surface area contributed by atoms with Gasteiger partial charge in [0.05, 0.1) is 18.5 Å². The molecule has 4 rings (SSSR count). The molecule has 0 unspecified atom stereocenters. The zero-order valence-corrected chi connectivity index (χ0v) is 23.1. The van der Waals surface area contributed by atoms with Gasteiger partial charge in [0, 0.05) is 33.1 Å². The predicted octanol–water partition coefficient (Wildman–Crippen LogP) is 5.05. The first-order valence-corrected chi connectivity index (χ1v) is 13.3. The van der Waals surface area contributed by atoms with Crippen LogP contribution in [0.3, 0.4) is 0 Å². The van der Waals surface area contributed by atoms with Crippen LogP contribution >= 0.6 is 0 Å². The summed E-state index contributed by atoms with van der Waals surface area (Å²) >= 11 is 0. The fourth-order valence-corrected chi connectivity index (χ4v) is 4.78. The number of hydrogen-bond acceptors (Lipinski definition) is 6. The maximum atomic E-state index is 12.1. The summed E-state index contributed by atoms with van der Waals surface area (Å²) in [6, 6.07) is 10.2. The number of amides is 2. The second-order valence-corrected chi connectivity index (χ2v) is 11.1. The Kier molecular flexibility index (Phi) is 8.54. The normalized spacial score (nSPS) is 16.6. The lowest BCUT2D eigenvalue weighted by atomic mass is 9.97. The van der Waals surface area contributed by atoms with Crippen molar-refractivity contribution in [3.63, 3.8) is 0 Å². The van der Waals surface area contributed by atoms with Gasteiger partial charge in [0.2, 0.25) is 5.91 Å². The van der Waals surface area contributed by atoms with Crippen molar-refractivity contribution >= 4 is 29.3 Å². The zero-order valence-electron chi connectivity index (χ0n) is 23.1. The molecule has 3 heterocycles. The molecule has 204 valence electrons. The molecule has 0 radical (unpaired) electrons. The van der Waals surface area contributed by atoms with Gasteiger partial charge in [-0.2, -0.15) is 4.99 Å². The third-order valence-electron chi connectivity index (χ3n) is 6.79. The summed E-state index contributed by atoms with van der Waals surface area (Å²) in [6.07, 6.45) is 4.12. The number of nitrogens with zero attached hydrogens (tertiary/aromatic N) is 4. The number of aromatic nitrogens is 1. The van der Waals surface area contributed by atoms with E-state index in [-0.39, 0.29) is 5.91 Å². The second-order valence-electron chi connectivity index (χ2n) is 11.1. The van der Waals surface area contributed by atoms with Crippen LogP contribution in [0.5, 0.6) is 5.75 Å². The zero-order chi connectivity index (χ0) is 27.3. The molecule has 0 atom stereocenters. The Morgan fingerprint density at radius 1 is 1.08 bits per heavy atom. The fraction of sp³-hybridized carbons (Fsp3) is 0.517. The van der Waals surface area contributed by atoms with Crippen molar-refractivity contribution in [1.29, 1.82) is 0 Å². The van der Waals surface area contributed by atoms with Gasteiger partial charge in [-0.3, -0.25) is 4.79 Å². The molecule has 1 aromatic carbocycles. The Morgan fingerprint density at radius 2 is 1.84 bits per heavy atom. The van der Waals surface area contributed by atoms with Crippen molar-refractivity contribution in [2.75, 3.05) is 36.5 Å². The van der Waals surface area contributed by atoms with Gasteiger partial charge in [0.25, 0.3) is 0 Å². The predicted molar refractivity (Wildman–Crippen MR) is 149 cm³/mol. The van der Waals surface area contributed by atoms with Crippen LogP contribution in [0.25, 0.3) is 0 Å². The first-order valence-electron chi connectivity index (χ1n) is 13.3. The molecule has 2 amide bonds. The summed E-state index contributed by atoms with van der Waals surface area (Å²) in [5.41, 5.74) is 2.67. The van der Waals surface area contributed by atoms with E-state index in [0.29, 0.717) is 30.6 Å². The molecular formula is C29H39N5O4. The molecule has 1 fully saturated rings. The van der Waals surface area contributed by atoms with Crippen molar-refractivity contribution in [1.82, 2.24) is 9.88 Å². The summed E-state index contributed by atoms with van der Waals surface area (Å²) in [5, 5.41) is 2.75. The van der Waals surface area contributed by atoms with Crippen molar-refractivity contribution in [3.05, 3.63) is 47.7 Å². The summed E-state index contributed by atoms with van der Waals surface area (Å²) in [5.74, 6) is 2.87. The van der Waals surface area contributed by atoms with E-state index in [9.17, 15) is 9.59 Å². The van der Waals surface area contributed by atoms with Crippen molar-refractivity contribution in [2.24, 2.45) is 10.9 Å². The number of ether oxygens (including phenoxy) is 2. The summed E-state index contributed by atoms with van der Waals surface area (Å²) in [7, 11) is 0. The average Bonchev–Trinajstić information content (AvgIpc) is 2.86. The minimum atomic E-state index is -0.560. The van der Waals surface area contributed by atoms with Gasteiger partial charge in [-0.25, -0.2) is 9.78 Å². The highest BCUT2D eigenvalue weighted by atomic mass is 16.6. The van der Waals surface area contributed by atoms with E-state index >= 15 is 0 Å². The Morgan fingerprint density at radius 3 is 2.50 bits per heavy atom. The second kappa shape index (κ2) is 11.8. The Labute approximate surface area is 225 Å². The summed E-state index contributed by atoms with van der Waals surface area (Å²) in [6.45, 7) is 12.9. The summed E-state index contributed by atoms with van der Waals surface area (Å²) < 4.78 is 11.6. The number of anilines is 2. The minimum Gasteiger partial charge on any atom is -0.493 e. The highest BCUT2D eigenvalue weighted by molar-refractivity contribution is 5.90. The number of aliphatic imine (C=N–C) groups is 1. The van der Waals surface area contributed by atoms with Crippen molar-refractivity contribution in [2.45, 2.75) is 66.0 Å². The highest BCUT2D eigenvalue weighted by Gasteiger charge is 2.23.